The third-order valence-corrected chi connectivity index (χ3v) is 3.85. The molecule has 0 saturated heterocycles. The first-order valence-corrected chi connectivity index (χ1v) is 6.72. The summed E-state index contributed by atoms with van der Waals surface area (Å²) in [7, 11) is 2.01. The van der Waals surface area contributed by atoms with Crippen LogP contribution in [0.5, 0.6) is 0 Å². The quantitative estimate of drug-likeness (QED) is 0.858. The van der Waals surface area contributed by atoms with Crippen molar-refractivity contribution in [3.63, 3.8) is 0 Å². The molecule has 1 aromatic heterocycles. The Morgan fingerprint density at radius 3 is 2.67 bits per heavy atom. The number of hydrogen-bond acceptors (Lipinski definition) is 4. The van der Waals surface area contributed by atoms with E-state index in [4.69, 9.17) is 5.73 Å². The smallest absolute Gasteiger partial charge is 0.128 e. The van der Waals surface area contributed by atoms with E-state index < -0.39 is 0 Å². The van der Waals surface area contributed by atoms with Gasteiger partial charge in [-0.15, -0.1) is 0 Å². The van der Waals surface area contributed by atoms with E-state index in [0.29, 0.717) is 0 Å². The molecule has 2 unspecified atom stereocenters. The van der Waals surface area contributed by atoms with E-state index in [2.05, 4.69) is 9.88 Å². The highest BCUT2D eigenvalue weighted by atomic mass is 16.3. The first kappa shape index (κ1) is 13.3. The van der Waals surface area contributed by atoms with E-state index in [0.717, 1.165) is 30.6 Å². The number of rotatable bonds is 3. The molecule has 3 N–H and O–H groups in total. The summed E-state index contributed by atoms with van der Waals surface area (Å²) in [5.41, 5.74) is 6.85. The molecule has 0 aliphatic heterocycles. The molecule has 1 saturated carbocycles. The average Bonchev–Trinajstić information content (AvgIpc) is 2.38. The lowest BCUT2D eigenvalue weighted by Gasteiger charge is -2.36. The number of pyridine rings is 1. The maximum atomic E-state index is 10.1. The minimum absolute atomic E-state index is 0.0112. The topological polar surface area (TPSA) is 62.4 Å². The van der Waals surface area contributed by atoms with Gasteiger partial charge in [0.1, 0.15) is 5.82 Å². The summed E-state index contributed by atoms with van der Waals surface area (Å²) in [5.74, 6) is 0.908. The van der Waals surface area contributed by atoms with Crippen molar-refractivity contribution < 1.29 is 5.11 Å². The van der Waals surface area contributed by atoms with Crippen molar-refractivity contribution in [2.75, 3.05) is 11.9 Å². The molecule has 1 aliphatic carbocycles. The molecule has 0 amide bonds. The number of aliphatic hydroxyl groups excluding tert-OH is 1. The van der Waals surface area contributed by atoms with Crippen LogP contribution in [-0.4, -0.2) is 29.3 Å². The van der Waals surface area contributed by atoms with Gasteiger partial charge in [0.15, 0.2) is 0 Å². The van der Waals surface area contributed by atoms with Crippen LogP contribution in [0.2, 0.25) is 0 Å². The van der Waals surface area contributed by atoms with Crippen molar-refractivity contribution in [2.45, 2.75) is 50.8 Å². The number of nitrogens with zero attached hydrogens (tertiary/aromatic N) is 2. The molecule has 2 rings (SSSR count). The van der Waals surface area contributed by atoms with Gasteiger partial charge in [-0.1, -0.05) is 18.9 Å². The van der Waals surface area contributed by atoms with Crippen molar-refractivity contribution >= 4 is 5.82 Å². The standard InChI is InChI=1S/C14H23N3O/c1-10(15)11-7-8-14(16-9-11)17(2)12-5-3-4-6-13(12)18/h7-10,12-13,18H,3-6,15H2,1-2H3/t10-,12?,13?/m1/s1. The van der Waals surface area contributed by atoms with Gasteiger partial charge in [-0.05, 0) is 31.4 Å². The lowest BCUT2D eigenvalue weighted by Crippen LogP contribution is -2.43. The SMILES string of the molecule is C[C@@H](N)c1ccc(N(C)C2CCCCC2O)nc1. The number of likely N-dealkylation sites (N-methyl/N-ethyl adjacent to an activating group) is 1. The minimum Gasteiger partial charge on any atom is -0.391 e. The first-order chi connectivity index (χ1) is 8.59. The van der Waals surface area contributed by atoms with Crippen LogP contribution in [0.3, 0.4) is 0 Å². The van der Waals surface area contributed by atoms with Crippen LogP contribution in [0.4, 0.5) is 5.82 Å². The number of aliphatic hydroxyl groups is 1. The summed E-state index contributed by atoms with van der Waals surface area (Å²) >= 11 is 0. The summed E-state index contributed by atoms with van der Waals surface area (Å²) in [6.45, 7) is 1.95. The minimum atomic E-state index is -0.237. The summed E-state index contributed by atoms with van der Waals surface area (Å²) < 4.78 is 0. The van der Waals surface area contributed by atoms with Crippen LogP contribution >= 0.6 is 0 Å². The molecule has 3 atom stereocenters. The lowest BCUT2D eigenvalue weighted by molar-refractivity contribution is 0.106. The summed E-state index contributed by atoms with van der Waals surface area (Å²) in [6.07, 6.45) is 5.83. The van der Waals surface area contributed by atoms with Gasteiger partial charge in [-0.3, -0.25) is 0 Å². The van der Waals surface area contributed by atoms with Gasteiger partial charge in [0.05, 0.1) is 12.1 Å². The first-order valence-electron chi connectivity index (χ1n) is 6.72. The van der Waals surface area contributed by atoms with Crippen LogP contribution < -0.4 is 10.6 Å². The molecular weight excluding hydrogens is 226 g/mol. The molecule has 100 valence electrons. The lowest BCUT2D eigenvalue weighted by atomic mass is 9.91. The Bertz CT molecular complexity index is 377. The largest absolute Gasteiger partial charge is 0.391 e. The molecule has 4 nitrogen and oxygen atoms in total. The second-order valence-corrected chi connectivity index (χ2v) is 5.27. The molecule has 1 heterocycles. The van der Waals surface area contributed by atoms with Gasteiger partial charge in [-0.25, -0.2) is 4.98 Å². The Labute approximate surface area is 109 Å². The van der Waals surface area contributed by atoms with Crippen molar-refractivity contribution in [3.05, 3.63) is 23.9 Å². The third kappa shape index (κ3) is 2.82. The number of aromatic nitrogens is 1. The molecule has 4 heteroatoms. The van der Waals surface area contributed by atoms with E-state index >= 15 is 0 Å². The van der Waals surface area contributed by atoms with E-state index in [1.807, 2.05) is 32.3 Å². The fourth-order valence-electron chi connectivity index (χ4n) is 2.59. The molecule has 0 aromatic carbocycles. The van der Waals surface area contributed by atoms with E-state index in [9.17, 15) is 5.11 Å². The second kappa shape index (κ2) is 5.67. The Balaban J connectivity index is 2.10. The molecular formula is C14H23N3O. The molecule has 0 radical (unpaired) electrons. The summed E-state index contributed by atoms with van der Waals surface area (Å²) in [5, 5.41) is 10.1. The van der Waals surface area contributed by atoms with E-state index in [-0.39, 0.29) is 18.2 Å². The zero-order valence-electron chi connectivity index (χ0n) is 11.2. The Hall–Kier alpha value is -1.13. The van der Waals surface area contributed by atoms with Crippen molar-refractivity contribution in [2.24, 2.45) is 5.73 Å². The van der Waals surface area contributed by atoms with Crippen LogP contribution in [0.15, 0.2) is 18.3 Å². The van der Waals surface area contributed by atoms with Crippen LogP contribution in [0.25, 0.3) is 0 Å². The summed E-state index contributed by atoms with van der Waals surface area (Å²) in [6, 6.07) is 4.20. The highest BCUT2D eigenvalue weighted by molar-refractivity contribution is 5.40. The third-order valence-electron chi connectivity index (χ3n) is 3.85. The van der Waals surface area contributed by atoms with Gasteiger partial charge in [0.2, 0.25) is 0 Å². The predicted octanol–water partition coefficient (Wildman–Crippen LogP) is 1.84. The second-order valence-electron chi connectivity index (χ2n) is 5.27. The summed E-state index contributed by atoms with van der Waals surface area (Å²) in [4.78, 5) is 6.54. The molecule has 18 heavy (non-hydrogen) atoms. The fraction of sp³-hybridized carbons (Fsp3) is 0.643. The number of nitrogens with two attached hydrogens (primary N) is 1. The van der Waals surface area contributed by atoms with Gasteiger partial charge in [0.25, 0.3) is 0 Å². The van der Waals surface area contributed by atoms with Crippen LogP contribution in [0.1, 0.15) is 44.2 Å². The predicted molar refractivity (Wildman–Crippen MR) is 73.5 cm³/mol. The van der Waals surface area contributed by atoms with E-state index in [1.165, 1.54) is 6.42 Å². The van der Waals surface area contributed by atoms with Crippen LogP contribution in [0, 0.1) is 0 Å². The average molecular weight is 249 g/mol. The highest BCUT2D eigenvalue weighted by Gasteiger charge is 2.27. The zero-order valence-corrected chi connectivity index (χ0v) is 11.2. The molecule has 1 aromatic rings. The van der Waals surface area contributed by atoms with Crippen molar-refractivity contribution in [1.29, 1.82) is 0 Å². The molecule has 1 fully saturated rings. The maximum Gasteiger partial charge on any atom is 0.128 e. The van der Waals surface area contributed by atoms with E-state index in [1.54, 1.807) is 0 Å². The Morgan fingerprint density at radius 1 is 1.39 bits per heavy atom. The van der Waals surface area contributed by atoms with Gasteiger partial charge < -0.3 is 15.7 Å². The fourth-order valence-corrected chi connectivity index (χ4v) is 2.59. The molecule has 0 bridgehead atoms. The molecule has 1 aliphatic rings. The number of anilines is 1. The Morgan fingerprint density at radius 2 is 2.11 bits per heavy atom. The van der Waals surface area contributed by atoms with Crippen LogP contribution in [-0.2, 0) is 0 Å². The maximum absolute atomic E-state index is 10.1. The van der Waals surface area contributed by atoms with Crippen molar-refractivity contribution in [1.82, 2.24) is 4.98 Å². The highest BCUT2D eigenvalue weighted by Crippen LogP contribution is 2.25. The Kier molecular flexibility index (Phi) is 4.19. The normalized spacial score (nSPS) is 25.8. The van der Waals surface area contributed by atoms with Gasteiger partial charge >= 0.3 is 0 Å². The van der Waals surface area contributed by atoms with Gasteiger partial charge in [0, 0.05) is 19.3 Å². The number of hydrogen-bond donors (Lipinski definition) is 2. The monoisotopic (exact) mass is 249 g/mol. The van der Waals surface area contributed by atoms with Crippen molar-refractivity contribution in [3.8, 4) is 0 Å². The zero-order chi connectivity index (χ0) is 13.1. The molecule has 0 spiro atoms. The van der Waals surface area contributed by atoms with Gasteiger partial charge in [-0.2, -0.15) is 0 Å².